The third kappa shape index (κ3) is 3.96. The van der Waals surface area contributed by atoms with E-state index in [2.05, 4.69) is 10.5 Å². The number of nitrogens with zero attached hydrogens (tertiary/aromatic N) is 2. The normalized spacial score (nSPS) is 23.0. The molecule has 0 bridgehead atoms. The highest BCUT2D eigenvalue weighted by atomic mass is 19.1. The van der Waals surface area contributed by atoms with Crippen molar-refractivity contribution in [2.75, 3.05) is 32.8 Å². The Kier molecular flexibility index (Phi) is 4.98. The highest BCUT2D eigenvalue weighted by molar-refractivity contribution is 6.05. The van der Waals surface area contributed by atoms with E-state index in [4.69, 9.17) is 9.57 Å². The molecule has 25 heavy (non-hydrogen) atoms. The Hall–Kier alpha value is -2.48. The van der Waals surface area contributed by atoms with Crippen LogP contribution in [0.4, 0.5) is 4.39 Å². The van der Waals surface area contributed by atoms with Crippen LogP contribution in [0.15, 0.2) is 29.4 Å². The SMILES string of the molecule is C[C@@]1(C(=O)NCC(=O)N2CCOCC2)CC(c2cccc(F)c2)=NO1. The van der Waals surface area contributed by atoms with Gasteiger partial charge in [0.15, 0.2) is 0 Å². The van der Waals surface area contributed by atoms with Gasteiger partial charge in [0.25, 0.3) is 5.91 Å². The molecule has 8 heteroatoms. The summed E-state index contributed by atoms with van der Waals surface area (Å²) in [6.45, 7) is 3.55. The van der Waals surface area contributed by atoms with Crippen LogP contribution in [0.5, 0.6) is 0 Å². The van der Waals surface area contributed by atoms with E-state index < -0.39 is 11.5 Å². The maximum Gasteiger partial charge on any atom is 0.267 e. The number of benzene rings is 1. The minimum atomic E-state index is -1.22. The lowest BCUT2D eigenvalue weighted by molar-refractivity contribution is -0.144. The number of amides is 2. The van der Waals surface area contributed by atoms with Gasteiger partial charge in [-0.3, -0.25) is 9.59 Å². The van der Waals surface area contributed by atoms with Crippen molar-refractivity contribution >= 4 is 17.5 Å². The summed E-state index contributed by atoms with van der Waals surface area (Å²) in [7, 11) is 0. The van der Waals surface area contributed by atoms with Gasteiger partial charge in [-0.15, -0.1) is 0 Å². The van der Waals surface area contributed by atoms with Crippen LogP contribution in [0.25, 0.3) is 0 Å². The largest absolute Gasteiger partial charge is 0.379 e. The standard InChI is InChI=1S/C17H20FN3O4/c1-17(10-14(20-25-17)12-3-2-4-13(18)9-12)16(23)19-11-15(22)21-5-7-24-8-6-21/h2-4,9H,5-8,10-11H2,1H3,(H,19,23)/t17-/m0/s1. The number of rotatable bonds is 4. The molecule has 1 atom stereocenters. The van der Waals surface area contributed by atoms with Gasteiger partial charge in [0, 0.05) is 25.1 Å². The molecule has 2 heterocycles. The van der Waals surface area contributed by atoms with E-state index in [1.807, 2.05) is 0 Å². The molecule has 7 nitrogen and oxygen atoms in total. The average molecular weight is 349 g/mol. The summed E-state index contributed by atoms with van der Waals surface area (Å²) in [6.07, 6.45) is 0.202. The van der Waals surface area contributed by atoms with Gasteiger partial charge < -0.3 is 19.8 Å². The monoisotopic (exact) mass is 349 g/mol. The molecule has 1 fully saturated rings. The van der Waals surface area contributed by atoms with Crippen molar-refractivity contribution in [2.45, 2.75) is 18.9 Å². The van der Waals surface area contributed by atoms with Crippen molar-refractivity contribution in [1.82, 2.24) is 10.2 Å². The third-order valence-corrected chi connectivity index (χ3v) is 4.26. The van der Waals surface area contributed by atoms with Crippen LogP contribution in [-0.4, -0.2) is 60.9 Å². The topological polar surface area (TPSA) is 80.2 Å². The van der Waals surface area contributed by atoms with Crippen molar-refractivity contribution in [3.8, 4) is 0 Å². The molecule has 0 spiro atoms. The number of carbonyl (C=O) groups excluding carboxylic acids is 2. The van der Waals surface area contributed by atoms with E-state index >= 15 is 0 Å². The van der Waals surface area contributed by atoms with Crippen LogP contribution in [0.3, 0.4) is 0 Å². The van der Waals surface area contributed by atoms with E-state index in [1.54, 1.807) is 24.0 Å². The lowest BCUT2D eigenvalue weighted by Crippen LogP contribution is -2.50. The molecule has 2 aliphatic heterocycles. The number of hydrogen-bond acceptors (Lipinski definition) is 5. The number of morpholine rings is 1. The van der Waals surface area contributed by atoms with Crippen molar-refractivity contribution in [2.24, 2.45) is 5.16 Å². The van der Waals surface area contributed by atoms with Crippen LogP contribution in [-0.2, 0) is 19.2 Å². The molecule has 1 N–H and O–H groups in total. The quantitative estimate of drug-likeness (QED) is 0.867. The predicted molar refractivity (Wildman–Crippen MR) is 87.5 cm³/mol. The summed E-state index contributed by atoms with van der Waals surface area (Å²) in [5, 5.41) is 6.52. The number of carbonyl (C=O) groups is 2. The first-order valence-electron chi connectivity index (χ1n) is 8.13. The van der Waals surface area contributed by atoms with Gasteiger partial charge in [-0.05, 0) is 19.1 Å². The van der Waals surface area contributed by atoms with Crippen molar-refractivity contribution in [3.63, 3.8) is 0 Å². The van der Waals surface area contributed by atoms with Gasteiger partial charge in [-0.25, -0.2) is 4.39 Å². The van der Waals surface area contributed by atoms with E-state index in [9.17, 15) is 14.0 Å². The molecule has 134 valence electrons. The van der Waals surface area contributed by atoms with Gasteiger partial charge >= 0.3 is 0 Å². The molecular formula is C17H20FN3O4. The van der Waals surface area contributed by atoms with Gasteiger partial charge in [0.2, 0.25) is 11.5 Å². The lowest BCUT2D eigenvalue weighted by Gasteiger charge is -2.27. The Morgan fingerprint density at radius 2 is 2.12 bits per heavy atom. The smallest absolute Gasteiger partial charge is 0.267 e. The third-order valence-electron chi connectivity index (χ3n) is 4.26. The van der Waals surface area contributed by atoms with Crippen molar-refractivity contribution in [1.29, 1.82) is 0 Å². The van der Waals surface area contributed by atoms with Crippen LogP contribution in [0.2, 0.25) is 0 Å². The van der Waals surface area contributed by atoms with Crippen LogP contribution in [0, 0.1) is 5.82 Å². The van der Waals surface area contributed by atoms with Gasteiger partial charge in [0.1, 0.15) is 5.82 Å². The van der Waals surface area contributed by atoms with Gasteiger partial charge in [0.05, 0.1) is 25.5 Å². The zero-order chi connectivity index (χ0) is 17.9. The highest BCUT2D eigenvalue weighted by Gasteiger charge is 2.42. The number of halogens is 1. The summed E-state index contributed by atoms with van der Waals surface area (Å²) in [4.78, 5) is 31.5. The molecule has 0 radical (unpaired) electrons. The Balaban J connectivity index is 1.55. The molecule has 0 saturated carbocycles. The molecule has 2 aliphatic rings. The fourth-order valence-electron chi connectivity index (χ4n) is 2.75. The fourth-order valence-corrected chi connectivity index (χ4v) is 2.75. The number of ether oxygens (including phenoxy) is 1. The van der Waals surface area contributed by atoms with Crippen LogP contribution >= 0.6 is 0 Å². The first kappa shape index (κ1) is 17.3. The summed E-state index contributed by atoms with van der Waals surface area (Å²) in [5.41, 5.74) is -0.148. The zero-order valence-corrected chi connectivity index (χ0v) is 14.0. The van der Waals surface area contributed by atoms with E-state index in [0.717, 1.165) is 0 Å². The molecule has 2 amide bonds. The highest BCUT2D eigenvalue weighted by Crippen LogP contribution is 2.27. The first-order chi connectivity index (χ1) is 12.0. The Morgan fingerprint density at radius 3 is 2.84 bits per heavy atom. The number of hydrogen-bond donors (Lipinski definition) is 1. The number of nitrogens with one attached hydrogen (secondary N) is 1. The molecule has 1 saturated heterocycles. The van der Waals surface area contributed by atoms with Crippen molar-refractivity contribution in [3.05, 3.63) is 35.6 Å². The van der Waals surface area contributed by atoms with Crippen LogP contribution < -0.4 is 5.32 Å². The fraction of sp³-hybridized carbons (Fsp3) is 0.471. The van der Waals surface area contributed by atoms with E-state index in [1.165, 1.54) is 12.1 Å². The lowest BCUT2D eigenvalue weighted by atomic mass is 9.95. The first-order valence-corrected chi connectivity index (χ1v) is 8.13. The van der Waals surface area contributed by atoms with E-state index in [-0.39, 0.29) is 24.7 Å². The molecule has 1 aromatic rings. The summed E-state index contributed by atoms with van der Waals surface area (Å²) in [6, 6.07) is 5.96. The maximum atomic E-state index is 13.3. The van der Waals surface area contributed by atoms with E-state index in [0.29, 0.717) is 37.6 Å². The molecule has 0 unspecified atom stereocenters. The average Bonchev–Trinajstić information content (AvgIpc) is 3.04. The Labute approximate surface area is 144 Å². The number of oxime groups is 1. The second-order valence-corrected chi connectivity index (χ2v) is 6.22. The second kappa shape index (κ2) is 7.18. The summed E-state index contributed by atoms with van der Waals surface area (Å²) >= 11 is 0. The van der Waals surface area contributed by atoms with Gasteiger partial charge in [-0.1, -0.05) is 17.3 Å². The van der Waals surface area contributed by atoms with Crippen LogP contribution in [0.1, 0.15) is 18.9 Å². The van der Waals surface area contributed by atoms with Crippen molar-refractivity contribution < 1.29 is 23.6 Å². The van der Waals surface area contributed by atoms with Gasteiger partial charge in [-0.2, -0.15) is 0 Å². The predicted octanol–water partition coefficient (Wildman–Crippen LogP) is 0.684. The Morgan fingerprint density at radius 1 is 1.36 bits per heavy atom. The molecule has 3 rings (SSSR count). The molecular weight excluding hydrogens is 329 g/mol. The molecule has 0 aliphatic carbocycles. The summed E-state index contributed by atoms with van der Waals surface area (Å²) < 4.78 is 18.5. The second-order valence-electron chi connectivity index (χ2n) is 6.22. The maximum absolute atomic E-state index is 13.3. The minimum absolute atomic E-state index is 0.104. The minimum Gasteiger partial charge on any atom is -0.379 e. The zero-order valence-electron chi connectivity index (χ0n) is 14.0. The Bertz CT molecular complexity index is 703. The molecule has 1 aromatic carbocycles. The molecule has 0 aromatic heterocycles. The summed E-state index contributed by atoms with van der Waals surface area (Å²) in [5.74, 6) is -0.969.